The molecule has 1 N–H and O–H groups in total. The van der Waals surface area contributed by atoms with Gasteiger partial charge in [-0.1, -0.05) is 18.2 Å². The molecule has 0 saturated carbocycles. The highest BCUT2D eigenvalue weighted by atomic mass is 16.5. The summed E-state index contributed by atoms with van der Waals surface area (Å²) < 4.78 is 5.77. The minimum Gasteiger partial charge on any atom is -0.492 e. The Labute approximate surface area is 166 Å². The van der Waals surface area contributed by atoms with Crippen molar-refractivity contribution in [3.05, 3.63) is 54.1 Å². The second-order valence-corrected chi connectivity index (χ2v) is 7.10. The highest BCUT2D eigenvalue weighted by Crippen LogP contribution is 2.23. The number of anilines is 2. The number of aryl methyl sites for hydroxylation is 1. The van der Waals surface area contributed by atoms with Gasteiger partial charge in [0, 0.05) is 30.9 Å². The molecule has 6 nitrogen and oxygen atoms in total. The van der Waals surface area contributed by atoms with E-state index in [0.717, 1.165) is 35.7 Å². The minimum atomic E-state index is -0.0802. The maximum Gasteiger partial charge on any atom is 0.238 e. The fourth-order valence-electron chi connectivity index (χ4n) is 3.20. The Kier molecular flexibility index (Phi) is 6.66. The summed E-state index contributed by atoms with van der Waals surface area (Å²) >= 11 is 0. The molecule has 2 aromatic carbocycles. The molecule has 0 bridgehead atoms. The Morgan fingerprint density at radius 3 is 2.61 bits per heavy atom. The van der Waals surface area contributed by atoms with E-state index in [1.54, 1.807) is 4.90 Å². The average Bonchev–Trinajstić information content (AvgIpc) is 3.10. The van der Waals surface area contributed by atoms with E-state index in [-0.39, 0.29) is 18.4 Å². The van der Waals surface area contributed by atoms with Gasteiger partial charge in [0.1, 0.15) is 12.4 Å². The molecule has 0 aromatic heterocycles. The summed E-state index contributed by atoms with van der Waals surface area (Å²) in [5.41, 5.74) is 2.71. The van der Waals surface area contributed by atoms with Gasteiger partial charge in [-0.25, -0.2) is 0 Å². The van der Waals surface area contributed by atoms with Crippen molar-refractivity contribution in [3.63, 3.8) is 0 Å². The van der Waals surface area contributed by atoms with Crippen LogP contribution in [0.25, 0.3) is 0 Å². The Hall–Kier alpha value is -2.86. The predicted octanol–water partition coefficient (Wildman–Crippen LogP) is 3.07. The summed E-state index contributed by atoms with van der Waals surface area (Å²) in [5.74, 6) is 0.951. The normalized spacial score (nSPS) is 13.8. The Morgan fingerprint density at radius 2 is 1.93 bits per heavy atom. The van der Waals surface area contributed by atoms with Gasteiger partial charge in [0.2, 0.25) is 11.8 Å². The first kappa shape index (κ1) is 19.9. The van der Waals surface area contributed by atoms with Crippen molar-refractivity contribution in [1.29, 1.82) is 0 Å². The lowest BCUT2D eigenvalue weighted by atomic mass is 10.2. The van der Waals surface area contributed by atoms with Gasteiger partial charge in [-0.05, 0) is 56.3 Å². The van der Waals surface area contributed by atoms with E-state index in [1.807, 2.05) is 67.4 Å². The molecule has 1 saturated heterocycles. The third kappa shape index (κ3) is 5.33. The van der Waals surface area contributed by atoms with Gasteiger partial charge in [0.05, 0.1) is 6.54 Å². The molecule has 0 atom stereocenters. The van der Waals surface area contributed by atoms with E-state index in [2.05, 4.69) is 5.32 Å². The lowest BCUT2D eigenvalue weighted by Gasteiger charge is -2.18. The van der Waals surface area contributed by atoms with Crippen LogP contribution >= 0.6 is 0 Å². The number of likely N-dealkylation sites (N-methyl/N-ethyl adjacent to an activating group) is 1. The van der Waals surface area contributed by atoms with Crippen LogP contribution in [0.4, 0.5) is 11.4 Å². The van der Waals surface area contributed by atoms with Crippen LogP contribution in [-0.4, -0.2) is 50.0 Å². The van der Waals surface area contributed by atoms with Gasteiger partial charge in [-0.3, -0.25) is 14.5 Å². The van der Waals surface area contributed by atoms with Gasteiger partial charge in [0.25, 0.3) is 0 Å². The Bertz CT molecular complexity index is 820. The van der Waals surface area contributed by atoms with Crippen molar-refractivity contribution in [2.45, 2.75) is 19.8 Å². The lowest BCUT2D eigenvalue weighted by molar-refractivity contribution is -0.117. The number of rotatable bonds is 8. The van der Waals surface area contributed by atoms with Gasteiger partial charge < -0.3 is 15.0 Å². The number of carbonyl (C=O) groups is 2. The maximum absolute atomic E-state index is 12.2. The molecule has 0 radical (unpaired) electrons. The quantitative estimate of drug-likeness (QED) is 0.763. The van der Waals surface area contributed by atoms with Crippen molar-refractivity contribution < 1.29 is 14.3 Å². The van der Waals surface area contributed by atoms with Crippen LogP contribution in [0.5, 0.6) is 5.75 Å². The smallest absolute Gasteiger partial charge is 0.238 e. The molecule has 28 heavy (non-hydrogen) atoms. The van der Waals surface area contributed by atoms with E-state index in [0.29, 0.717) is 19.6 Å². The maximum atomic E-state index is 12.2. The number of hydrogen-bond donors (Lipinski definition) is 1. The van der Waals surface area contributed by atoms with Crippen LogP contribution in [0.1, 0.15) is 18.4 Å². The summed E-state index contributed by atoms with van der Waals surface area (Å²) in [6, 6.07) is 15.3. The van der Waals surface area contributed by atoms with Crippen LogP contribution in [0.15, 0.2) is 48.5 Å². The average molecular weight is 381 g/mol. The standard InChI is InChI=1S/C22H27N3O3/c1-17-6-3-4-7-20(17)28-15-14-24(2)16-21(26)23-18-9-11-19(12-10-18)25-13-5-8-22(25)27/h3-4,6-7,9-12H,5,8,13-16H2,1-2H3,(H,23,26). The number of para-hydroxylation sites is 1. The first-order valence-corrected chi connectivity index (χ1v) is 9.60. The van der Waals surface area contributed by atoms with Crippen molar-refractivity contribution in [2.75, 3.05) is 43.5 Å². The molecule has 0 spiro atoms. The van der Waals surface area contributed by atoms with E-state index in [1.165, 1.54) is 0 Å². The summed E-state index contributed by atoms with van der Waals surface area (Å²) in [6.07, 6.45) is 1.51. The molecule has 2 aromatic rings. The summed E-state index contributed by atoms with van der Waals surface area (Å²) in [5, 5.41) is 2.89. The first-order chi connectivity index (χ1) is 13.5. The number of ether oxygens (including phenoxy) is 1. The molecule has 0 aliphatic carbocycles. The molecule has 3 rings (SSSR count). The topological polar surface area (TPSA) is 61.9 Å². The summed E-state index contributed by atoms with van der Waals surface area (Å²) in [4.78, 5) is 27.7. The van der Waals surface area contributed by atoms with Crippen molar-refractivity contribution >= 4 is 23.2 Å². The van der Waals surface area contributed by atoms with Gasteiger partial charge in [0.15, 0.2) is 0 Å². The second-order valence-electron chi connectivity index (χ2n) is 7.10. The van der Waals surface area contributed by atoms with Crippen molar-refractivity contribution in [1.82, 2.24) is 4.90 Å². The van der Waals surface area contributed by atoms with Gasteiger partial charge >= 0.3 is 0 Å². The third-order valence-corrected chi connectivity index (χ3v) is 4.77. The molecule has 1 heterocycles. The van der Waals surface area contributed by atoms with Gasteiger partial charge in [-0.2, -0.15) is 0 Å². The fourth-order valence-corrected chi connectivity index (χ4v) is 3.20. The lowest BCUT2D eigenvalue weighted by Crippen LogP contribution is -2.33. The van der Waals surface area contributed by atoms with Gasteiger partial charge in [-0.15, -0.1) is 0 Å². The number of hydrogen-bond acceptors (Lipinski definition) is 4. The zero-order valence-electron chi connectivity index (χ0n) is 16.5. The number of nitrogens with one attached hydrogen (secondary N) is 1. The zero-order chi connectivity index (χ0) is 19.9. The fraction of sp³-hybridized carbons (Fsp3) is 0.364. The van der Waals surface area contributed by atoms with E-state index >= 15 is 0 Å². The van der Waals surface area contributed by atoms with E-state index in [4.69, 9.17) is 4.74 Å². The predicted molar refractivity (Wildman–Crippen MR) is 111 cm³/mol. The number of benzene rings is 2. The molecule has 1 aliphatic rings. The Morgan fingerprint density at radius 1 is 1.18 bits per heavy atom. The van der Waals surface area contributed by atoms with Crippen LogP contribution in [0.3, 0.4) is 0 Å². The minimum absolute atomic E-state index is 0.0802. The molecule has 2 amide bonds. The largest absolute Gasteiger partial charge is 0.492 e. The summed E-state index contributed by atoms with van der Waals surface area (Å²) in [7, 11) is 1.89. The third-order valence-electron chi connectivity index (χ3n) is 4.77. The van der Waals surface area contributed by atoms with Crippen molar-refractivity contribution in [3.8, 4) is 5.75 Å². The van der Waals surface area contributed by atoms with E-state index in [9.17, 15) is 9.59 Å². The molecule has 148 valence electrons. The number of carbonyl (C=O) groups excluding carboxylic acids is 2. The number of amides is 2. The molecule has 0 unspecified atom stereocenters. The summed E-state index contributed by atoms with van der Waals surface area (Å²) in [6.45, 7) is 4.23. The van der Waals surface area contributed by atoms with E-state index < -0.39 is 0 Å². The highest BCUT2D eigenvalue weighted by molar-refractivity contribution is 5.96. The SMILES string of the molecule is Cc1ccccc1OCCN(C)CC(=O)Nc1ccc(N2CCCC2=O)cc1. The zero-order valence-corrected chi connectivity index (χ0v) is 16.5. The van der Waals surface area contributed by atoms with Crippen LogP contribution < -0.4 is 15.0 Å². The van der Waals surface area contributed by atoms with Crippen LogP contribution in [0.2, 0.25) is 0 Å². The van der Waals surface area contributed by atoms with Crippen LogP contribution in [-0.2, 0) is 9.59 Å². The first-order valence-electron chi connectivity index (χ1n) is 9.60. The molecular weight excluding hydrogens is 354 g/mol. The molecule has 1 aliphatic heterocycles. The Balaban J connectivity index is 1.42. The number of nitrogens with zero attached hydrogens (tertiary/aromatic N) is 2. The molecular formula is C22H27N3O3. The molecule has 6 heteroatoms. The second kappa shape index (κ2) is 9.37. The van der Waals surface area contributed by atoms with Crippen LogP contribution in [0, 0.1) is 6.92 Å². The monoisotopic (exact) mass is 381 g/mol. The molecule has 1 fully saturated rings. The van der Waals surface area contributed by atoms with Crippen molar-refractivity contribution in [2.24, 2.45) is 0 Å². The highest BCUT2D eigenvalue weighted by Gasteiger charge is 2.21.